The van der Waals surface area contributed by atoms with Gasteiger partial charge in [0.05, 0.1) is 36.3 Å². The molecule has 0 aliphatic heterocycles. The van der Waals surface area contributed by atoms with Gasteiger partial charge in [-0.1, -0.05) is 6.92 Å². The lowest BCUT2D eigenvalue weighted by atomic mass is 10.1. The number of carbonyl (C=O) groups excluding carboxylic acids is 1. The predicted molar refractivity (Wildman–Crippen MR) is 111 cm³/mol. The first-order chi connectivity index (χ1) is 14.1. The SMILES string of the molecule is CCONC(=O)c1cnc(C)cc1Nc1cc(F)c(CC)cc1N(C)S(=O)(=O)OC. The molecule has 0 fully saturated rings. The van der Waals surface area contributed by atoms with E-state index in [1.54, 1.807) is 26.8 Å². The quantitative estimate of drug-likeness (QED) is 0.577. The summed E-state index contributed by atoms with van der Waals surface area (Å²) in [5.74, 6) is -1.07. The van der Waals surface area contributed by atoms with Gasteiger partial charge in [-0.25, -0.2) is 14.2 Å². The summed E-state index contributed by atoms with van der Waals surface area (Å²) in [5, 5.41) is 2.95. The van der Waals surface area contributed by atoms with Crippen LogP contribution < -0.4 is 15.1 Å². The fraction of sp³-hybridized carbons (Fsp3) is 0.368. The van der Waals surface area contributed by atoms with Crippen molar-refractivity contribution in [3.8, 4) is 0 Å². The molecule has 1 aromatic carbocycles. The van der Waals surface area contributed by atoms with Crippen molar-refractivity contribution in [2.75, 3.05) is 30.4 Å². The minimum atomic E-state index is -4.09. The number of hydrogen-bond donors (Lipinski definition) is 2. The van der Waals surface area contributed by atoms with Crippen molar-refractivity contribution in [3.05, 3.63) is 47.0 Å². The van der Waals surface area contributed by atoms with Crippen molar-refractivity contribution < 1.29 is 26.6 Å². The predicted octanol–water partition coefficient (Wildman–Crippen LogP) is 2.84. The first-order valence-electron chi connectivity index (χ1n) is 9.17. The molecule has 9 nitrogen and oxygen atoms in total. The number of hydrogen-bond acceptors (Lipinski definition) is 7. The number of benzene rings is 1. The molecule has 164 valence electrons. The summed E-state index contributed by atoms with van der Waals surface area (Å²) >= 11 is 0. The highest BCUT2D eigenvalue weighted by Gasteiger charge is 2.23. The van der Waals surface area contributed by atoms with Gasteiger partial charge in [0, 0.05) is 18.9 Å². The van der Waals surface area contributed by atoms with Crippen LogP contribution in [0.4, 0.5) is 21.5 Å². The Morgan fingerprint density at radius 1 is 1.23 bits per heavy atom. The van der Waals surface area contributed by atoms with Crippen LogP contribution in [0.2, 0.25) is 0 Å². The Morgan fingerprint density at radius 2 is 1.93 bits per heavy atom. The molecule has 0 atom stereocenters. The Labute approximate surface area is 175 Å². The van der Waals surface area contributed by atoms with E-state index in [1.807, 2.05) is 0 Å². The van der Waals surface area contributed by atoms with Crippen molar-refractivity contribution >= 4 is 33.3 Å². The van der Waals surface area contributed by atoms with E-state index in [0.29, 0.717) is 23.4 Å². The van der Waals surface area contributed by atoms with E-state index in [9.17, 15) is 17.6 Å². The van der Waals surface area contributed by atoms with Gasteiger partial charge in [-0.2, -0.15) is 8.42 Å². The van der Waals surface area contributed by atoms with E-state index in [2.05, 4.69) is 20.0 Å². The number of halogens is 1. The highest BCUT2D eigenvalue weighted by atomic mass is 32.2. The van der Waals surface area contributed by atoms with Gasteiger partial charge in [0.2, 0.25) is 0 Å². The van der Waals surface area contributed by atoms with Gasteiger partial charge in [0.15, 0.2) is 0 Å². The van der Waals surface area contributed by atoms with Gasteiger partial charge >= 0.3 is 10.3 Å². The fourth-order valence-corrected chi connectivity index (χ4v) is 3.27. The van der Waals surface area contributed by atoms with E-state index in [-0.39, 0.29) is 23.5 Å². The summed E-state index contributed by atoms with van der Waals surface area (Å²) in [4.78, 5) is 21.4. The number of hydroxylamine groups is 1. The van der Waals surface area contributed by atoms with Crippen molar-refractivity contribution in [2.45, 2.75) is 27.2 Å². The molecule has 0 saturated heterocycles. The Kier molecular flexibility index (Phi) is 7.71. The molecule has 11 heteroatoms. The highest BCUT2D eigenvalue weighted by molar-refractivity contribution is 7.88. The molecule has 1 heterocycles. The molecule has 0 unspecified atom stereocenters. The fourth-order valence-electron chi connectivity index (χ4n) is 2.65. The second-order valence-electron chi connectivity index (χ2n) is 6.27. The Balaban J connectivity index is 2.59. The second-order valence-corrected chi connectivity index (χ2v) is 8.00. The molecule has 0 aliphatic rings. The third-order valence-corrected chi connectivity index (χ3v) is 5.58. The van der Waals surface area contributed by atoms with E-state index >= 15 is 0 Å². The van der Waals surface area contributed by atoms with E-state index in [4.69, 9.17) is 4.84 Å². The zero-order valence-corrected chi connectivity index (χ0v) is 18.3. The van der Waals surface area contributed by atoms with Gasteiger partial charge in [0.1, 0.15) is 5.82 Å². The standard InChI is InChI=1S/C19H25FN4O5S/c1-6-13-9-18(24(4)30(26,27)28-5)17(10-15(13)20)22-16-8-12(3)21-11-14(16)19(25)23-29-7-2/h8-11H,6-7H2,1-5H3,(H,21,22)(H,23,25). The van der Waals surface area contributed by atoms with Crippen molar-refractivity contribution in [1.29, 1.82) is 0 Å². The van der Waals surface area contributed by atoms with Crippen LogP contribution in [0.1, 0.15) is 35.5 Å². The number of carbonyl (C=O) groups is 1. The number of anilines is 3. The summed E-state index contributed by atoms with van der Waals surface area (Å²) in [5.41, 5.74) is 3.91. The third-order valence-electron chi connectivity index (χ3n) is 4.29. The number of aromatic nitrogens is 1. The van der Waals surface area contributed by atoms with Crippen LogP contribution in [0, 0.1) is 12.7 Å². The monoisotopic (exact) mass is 440 g/mol. The lowest BCUT2D eigenvalue weighted by Gasteiger charge is -2.23. The molecular formula is C19H25FN4O5S. The molecule has 0 spiro atoms. The Morgan fingerprint density at radius 3 is 2.53 bits per heavy atom. The molecule has 1 aromatic heterocycles. The molecule has 0 radical (unpaired) electrons. The number of nitrogens with one attached hydrogen (secondary N) is 2. The van der Waals surface area contributed by atoms with Crippen LogP contribution in [0.15, 0.2) is 24.4 Å². The number of amides is 1. The minimum absolute atomic E-state index is 0.129. The molecule has 2 aromatic rings. The van der Waals surface area contributed by atoms with Crippen molar-refractivity contribution in [3.63, 3.8) is 0 Å². The van der Waals surface area contributed by atoms with Crippen LogP contribution in [0.3, 0.4) is 0 Å². The largest absolute Gasteiger partial charge is 0.362 e. The average molecular weight is 440 g/mol. The minimum Gasteiger partial charge on any atom is -0.353 e. The second kappa shape index (κ2) is 9.83. The molecule has 2 rings (SSSR count). The number of aryl methyl sites for hydroxylation is 2. The first kappa shape index (κ1) is 23.5. The van der Waals surface area contributed by atoms with Crippen LogP contribution in [0.25, 0.3) is 0 Å². The normalized spacial score (nSPS) is 11.3. The maximum atomic E-state index is 14.5. The lowest BCUT2D eigenvalue weighted by Crippen LogP contribution is -2.28. The maximum Gasteiger partial charge on any atom is 0.362 e. The Hall–Kier alpha value is -2.76. The maximum absolute atomic E-state index is 14.5. The van der Waals surface area contributed by atoms with E-state index in [1.165, 1.54) is 25.4 Å². The van der Waals surface area contributed by atoms with Crippen molar-refractivity contribution in [1.82, 2.24) is 10.5 Å². The number of rotatable bonds is 9. The van der Waals surface area contributed by atoms with Crippen LogP contribution in [-0.4, -0.2) is 40.1 Å². The lowest BCUT2D eigenvalue weighted by molar-refractivity contribution is 0.0365. The van der Waals surface area contributed by atoms with Gasteiger partial charge in [-0.3, -0.25) is 18.8 Å². The highest BCUT2D eigenvalue weighted by Crippen LogP contribution is 2.34. The zero-order chi connectivity index (χ0) is 22.5. The van der Waals surface area contributed by atoms with Crippen LogP contribution in [0.5, 0.6) is 0 Å². The van der Waals surface area contributed by atoms with Crippen LogP contribution >= 0.6 is 0 Å². The summed E-state index contributed by atoms with van der Waals surface area (Å²) in [6, 6.07) is 4.18. The Bertz CT molecular complexity index is 1030. The molecule has 0 saturated carbocycles. The van der Waals surface area contributed by atoms with Gasteiger partial charge in [-0.05, 0) is 44.0 Å². The third kappa shape index (κ3) is 5.23. The van der Waals surface area contributed by atoms with Crippen molar-refractivity contribution in [2.24, 2.45) is 0 Å². The molecule has 0 bridgehead atoms. The summed E-state index contributed by atoms with van der Waals surface area (Å²) in [6.07, 6.45) is 1.70. The number of nitrogens with zero attached hydrogens (tertiary/aromatic N) is 2. The molecular weight excluding hydrogens is 415 g/mol. The van der Waals surface area contributed by atoms with E-state index < -0.39 is 22.0 Å². The van der Waals surface area contributed by atoms with Crippen LogP contribution in [-0.2, 0) is 25.7 Å². The number of pyridine rings is 1. The summed E-state index contributed by atoms with van der Waals surface area (Å²) in [6.45, 7) is 5.45. The topological polar surface area (TPSA) is 110 Å². The van der Waals surface area contributed by atoms with Gasteiger partial charge in [0.25, 0.3) is 5.91 Å². The van der Waals surface area contributed by atoms with E-state index in [0.717, 1.165) is 11.4 Å². The molecule has 1 amide bonds. The summed E-state index contributed by atoms with van der Waals surface area (Å²) < 4.78 is 44.5. The summed E-state index contributed by atoms with van der Waals surface area (Å²) in [7, 11) is -1.77. The molecule has 0 aliphatic carbocycles. The van der Waals surface area contributed by atoms with Gasteiger partial charge in [-0.15, -0.1) is 0 Å². The smallest absolute Gasteiger partial charge is 0.353 e. The average Bonchev–Trinajstić information content (AvgIpc) is 2.71. The van der Waals surface area contributed by atoms with Gasteiger partial charge < -0.3 is 5.32 Å². The first-order valence-corrected chi connectivity index (χ1v) is 10.5. The molecule has 2 N–H and O–H groups in total. The molecule has 30 heavy (non-hydrogen) atoms. The zero-order valence-electron chi connectivity index (χ0n) is 17.4.